The molecule has 0 aliphatic carbocycles. The van der Waals surface area contributed by atoms with Crippen molar-refractivity contribution in [2.45, 2.75) is 19.5 Å². The fraction of sp³-hybridized carbons (Fsp3) is 0.647. The van der Waals surface area contributed by atoms with Crippen molar-refractivity contribution >= 4 is 5.69 Å². The Balaban J connectivity index is 1.54. The zero-order valence-electron chi connectivity index (χ0n) is 13.5. The standard InChI is InChI=1S/C17H24F3N3/c1-16(6-7-21-12-16)13-22-8-10-23(11-9-22)15-4-2-14(3-5-15)17(18,19)20/h2-5,21H,6-13H2,1H3. The Morgan fingerprint density at radius 3 is 2.26 bits per heavy atom. The molecule has 6 heteroatoms. The molecule has 0 radical (unpaired) electrons. The van der Waals surface area contributed by atoms with Crippen molar-refractivity contribution in [3.63, 3.8) is 0 Å². The van der Waals surface area contributed by atoms with Crippen molar-refractivity contribution in [2.24, 2.45) is 5.41 Å². The fourth-order valence-corrected chi connectivity index (χ4v) is 3.57. The summed E-state index contributed by atoms with van der Waals surface area (Å²) in [6.45, 7) is 9.28. The van der Waals surface area contributed by atoms with Crippen LogP contribution in [0.1, 0.15) is 18.9 Å². The Bertz CT molecular complexity index is 513. The number of anilines is 1. The summed E-state index contributed by atoms with van der Waals surface area (Å²) in [6, 6.07) is 5.52. The maximum atomic E-state index is 12.6. The van der Waals surface area contributed by atoms with Gasteiger partial charge >= 0.3 is 6.18 Å². The number of benzene rings is 1. The summed E-state index contributed by atoms with van der Waals surface area (Å²) in [5.41, 5.74) is 0.657. The summed E-state index contributed by atoms with van der Waals surface area (Å²) in [7, 11) is 0. The van der Waals surface area contributed by atoms with E-state index in [0.717, 1.165) is 51.5 Å². The monoisotopic (exact) mass is 327 g/mol. The first kappa shape index (κ1) is 16.6. The molecule has 1 unspecified atom stereocenters. The van der Waals surface area contributed by atoms with E-state index in [9.17, 15) is 13.2 Å². The molecule has 2 aliphatic heterocycles. The smallest absolute Gasteiger partial charge is 0.369 e. The highest BCUT2D eigenvalue weighted by molar-refractivity contribution is 5.48. The predicted octanol–water partition coefficient (Wildman–Crippen LogP) is 2.83. The van der Waals surface area contributed by atoms with Crippen LogP contribution in [0, 0.1) is 5.41 Å². The molecular formula is C17H24F3N3. The molecule has 23 heavy (non-hydrogen) atoms. The van der Waals surface area contributed by atoms with Crippen LogP contribution in [0.25, 0.3) is 0 Å². The topological polar surface area (TPSA) is 18.5 Å². The second-order valence-electron chi connectivity index (χ2n) is 7.05. The van der Waals surface area contributed by atoms with Gasteiger partial charge in [0.2, 0.25) is 0 Å². The second-order valence-corrected chi connectivity index (χ2v) is 7.05. The van der Waals surface area contributed by atoms with E-state index >= 15 is 0 Å². The molecule has 1 aromatic carbocycles. The zero-order valence-corrected chi connectivity index (χ0v) is 13.5. The van der Waals surface area contributed by atoms with Crippen molar-refractivity contribution in [1.29, 1.82) is 0 Å². The molecule has 2 saturated heterocycles. The highest BCUT2D eigenvalue weighted by Gasteiger charge is 2.32. The highest BCUT2D eigenvalue weighted by Crippen LogP contribution is 2.31. The molecule has 0 bridgehead atoms. The summed E-state index contributed by atoms with van der Waals surface area (Å²) < 4.78 is 37.9. The van der Waals surface area contributed by atoms with Crippen LogP contribution in [-0.2, 0) is 6.18 Å². The Hall–Kier alpha value is -1.27. The normalized spacial score (nSPS) is 26.7. The maximum Gasteiger partial charge on any atom is 0.416 e. The number of rotatable bonds is 3. The molecule has 0 amide bonds. The van der Waals surface area contributed by atoms with E-state index in [4.69, 9.17) is 0 Å². The van der Waals surface area contributed by atoms with Crippen LogP contribution in [0.4, 0.5) is 18.9 Å². The van der Waals surface area contributed by atoms with Crippen molar-refractivity contribution in [1.82, 2.24) is 10.2 Å². The van der Waals surface area contributed by atoms with E-state index in [1.165, 1.54) is 18.6 Å². The van der Waals surface area contributed by atoms with Crippen LogP contribution >= 0.6 is 0 Å². The number of nitrogens with zero attached hydrogens (tertiary/aromatic N) is 2. The van der Waals surface area contributed by atoms with Gasteiger partial charge in [0, 0.05) is 45.0 Å². The molecular weight excluding hydrogens is 303 g/mol. The minimum Gasteiger partial charge on any atom is -0.369 e. The quantitative estimate of drug-likeness (QED) is 0.921. The van der Waals surface area contributed by atoms with Gasteiger partial charge in [-0.15, -0.1) is 0 Å². The van der Waals surface area contributed by atoms with Crippen molar-refractivity contribution in [3.8, 4) is 0 Å². The number of nitrogens with one attached hydrogen (secondary N) is 1. The number of alkyl halides is 3. The van der Waals surface area contributed by atoms with Crippen LogP contribution in [0.15, 0.2) is 24.3 Å². The molecule has 1 N–H and O–H groups in total. The summed E-state index contributed by atoms with van der Waals surface area (Å²) in [5, 5.41) is 3.43. The molecule has 3 rings (SSSR count). The van der Waals surface area contributed by atoms with E-state index in [0.29, 0.717) is 5.41 Å². The number of piperazine rings is 1. The van der Waals surface area contributed by atoms with Gasteiger partial charge in [-0.05, 0) is 42.6 Å². The maximum absolute atomic E-state index is 12.6. The Kier molecular flexibility index (Phi) is 4.56. The average Bonchev–Trinajstić information content (AvgIpc) is 2.94. The van der Waals surface area contributed by atoms with E-state index in [1.54, 1.807) is 12.1 Å². The lowest BCUT2D eigenvalue weighted by Crippen LogP contribution is -2.49. The summed E-state index contributed by atoms with van der Waals surface area (Å²) >= 11 is 0. The summed E-state index contributed by atoms with van der Waals surface area (Å²) in [4.78, 5) is 4.65. The number of hydrogen-bond donors (Lipinski definition) is 1. The summed E-state index contributed by atoms with van der Waals surface area (Å²) in [5.74, 6) is 0. The molecule has 128 valence electrons. The lowest BCUT2D eigenvalue weighted by Gasteiger charge is -2.39. The first-order valence-corrected chi connectivity index (χ1v) is 8.21. The predicted molar refractivity (Wildman–Crippen MR) is 85.7 cm³/mol. The average molecular weight is 327 g/mol. The van der Waals surface area contributed by atoms with Crippen LogP contribution < -0.4 is 10.2 Å². The van der Waals surface area contributed by atoms with E-state index < -0.39 is 11.7 Å². The first-order chi connectivity index (χ1) is 10.9. The van der Waals surface area contributed by atoms with Gasteiger partial charge in [0.15, 0.2) is 0 Å². The molecule has 1 aromatic rings. The van der Waals surface area contributed by atoms with Gasteiger partial charge in [-0.2, -0.15) is 13.2 Å². The highest BCUT2D eigenvalue weighted by atomic mass is 19.4. The van der Waals surface area contributed by atoms with Crippen LogP contribution in [0.5, 0.6) is 0 Å². The molecule has 2 fully saturated rings. The molecule has 0 spiro atoms. The van der Waals surface area contributed by atoms with E-state index in [1.807, 2.05) is 0 Å². The lowest BCUT2D eigenvalue weighted by molar-refractivity contribution is -0.137. The van der Waals surface area contributed by atoms with Crippen molar-refractivity contribution in [2.75, 3.05) is 50.7 Å². The van der Waals surface area contributed by atoms with Crippen LogP contribution in [0.2, 0.25) is 0 Å². The second kappa shape index (κ2) is 6.32. The van der Waals surface area contributed by atoms with Crippen LogP contribution in [0.3, 0.4) is 0 Å². The van der Waals surface area contributed by atoms with Gasteiger partial charge in [0.25, 0.3) is 0 Å². The van der Waals surface area contributed by atoms with Gasteiger partial charge in [-0.25, -0.2) is 0 Å². The molecule has 0 saturated carbocycles. The minimum atomic E-state index is -4.26. The van der Waals surface area contributed by atoms with Crippen molar-refractivity contribution in [3.05, 3.63) is 29.8 Å². The molecule has 3 nitrogen and oxygen atoms in total. The largest absolute Gasteiger partial charge is 0.416 e. The van der Waals surface area contributed by atoms with Gasteiger partial charge in [0.05, 0.1) is 5.56 Å². The van der Waals surface area contributed by atoms with E-state index in [-0.39, 0.29) is 0 Å². The Morgan fingerprint density at radius 2 is 1.74 bits per heavy atom. The van der Waals surface area contributed by atoms with Gasteiger partial charge < -0.3 is 10.2 Å². The molecule has 2 heterocycles. The zero-order chi connectivity index (χ0) is 16.5. The van der Waals surface area contributed by atoms with Crippen LogP contribution in [-0.4, -0.2) is 50.7 Å². The van der Waals surface area contributed by atoms with Gasteiger partial charge in [-0.3, -0.25) is 4.90 Å². The SMILES string of the molecule is CC1(CN2CCN(c3ccc(C(F)(F)F)cc3)CC2)CCNC1. The number of hydrogen-bond acceptors (Lipinski definition) is 3. The van der Waals surface area contributed by atoms with Crippen molar-refractivity contribution < 1.29 is 13.2 Å². The molecule has 1 atom stereocenters. The molecule has 2 aliphatic rings. The number of halogens is 3. The summed E-state index contributed by atoms with van der Waals surface area (Å²) in [6.07, 6.45) is -3.05. The van der Waals surface area contributed by atoms with Gasteiger partial charge in [0.1, 0.15) is 0 Å². The Morgan fingerprint density at radius 1 is 1.09 bits per heavy atom. The van der Waals surface area contributed by atoms with Gasteiger partial charge in [-0.1, -0.05) is 6.92 Å². The minimum absolute atomic E-state index is 0.358. The third kappa shape index (κ3) is 3.98. The lowest BCUT2D eigenvalue weighted by atomic mass is 9.89. The first-order valence-electron chi connectivity index (χ1n) is 8.21. The Labute approximate surface area is 135 Å². The fourth-order valence-electron chi connectivity index (χ4n) is 3.57. The third-order valence-corrected chi connectivity index (χ3v) is 4.99. The third-order valence-electron chi connectivity index (χ3n) is 4.99. The van der Waals surface area contributed by atoms with E-state index in [2.05, 4.69) is 22.0 Å². The molecule has 0 aromatic heterocycles.